The van der Waals surface area contributed by atoms with Crippen molar-refractivity contribution in [3.05, 3.63) is 45.8 Å². The number of rotatable bonds is 5. The number of para-hydroxylation sites is 1. The van der Waals surface area contributed by atoms with Gasteiger partial charge >= 0.3 is 0 Å². The lowest BCUT2D eigenvalue weighted by Gasteiger charge is -2.14. The van der Waals surface area contributed by atoms with E-state index in [1.54, 1.807) is 18.2 Å². The molecule has 2 amide bonds. The molecular weight excluding hydrogens is 312 g/mol. The summed E-state index contributed by atoms with van der Waals surface area (Å²) in [6.45, 7) is 7.49. The Morgan fingerprint density at radius 1 is 1.22 bits per heavy atom. The highest BCUT2D eigenvalue weighted by Crippen LogP contribution is 2.33. The normalized spacial score (nSPS) is 10.7. The smallest absolute Gasteiger partial charge is 0.260 e. The zero-order valence-electron chi connectivity index (χ0n) is 13.6. The van der Waals surface area contributed by atoms with Gasteiger partial charge in [-0.2, -0.15) is 0 Å². The highest BCUT2D eigenvalue weighted by Gasteiger charge is 2.21. The van der Waals surface area contributed by atoms with E-state index < -0.39 is 5.91 Å². The van der Waals surface area contributed by atoms with Gasteiger partial charge in [-0.25, -0.2) is 0 Å². The van der Waals surface area contributed by atoms with Crippen LogP contribution in [0.25, 0.3) is 0 Å². The van der Waals surface area contributed by atoms with Crippen molar-refractivity contribution in [1.29, 1.82) is 0 Å². The van der Waals surface area contributed by atoms with Crippen LogP contribution in [0.1, 0.15) is 45.0 Å². The van der Waals surface area contributed by atoms with Gasteiger partial charge in [0.05, 0.1) is 17.2 Å². The molecule has 0 atom stereocenters. The summed E-state index contributed by atoms with van der Waals surface area (Å²) in [7, 11) is 0. The SMILES string of the molecule is Cc1sc(NC(=O)c2ccccc2OC(C)C)c(C(N)=O)c1C. The van der Waals surface area contributed by atoms with Crippen molar-refractivity contribution < 1.29 is 14.3 Å². The molecule has 2 rings (SSSR count). The average Bonchev–Trinajstić information content (AvgIpc) is 2.73. The molecule has 0 fully saturated rings. The lowest BCUT2D eigenvalue weighted by molar-refractivity contribution is 0.100. The van der Waals surface area contributed by atoms with Gasteiger partial charge < -0.3 is 15.8 Å². The molecule has 1 aromatic carbocycles. The molecule has 0 radical (unpaired) electrons. The first-order chi connectivity index (χ1) is 10.8. The van der Waals surface area contributed by atoms with Crippen LogP contribution in [0.2, 0.25) is 0 Å². The van der Waals surface area contributed by atoms with Crippen LogP contribution in [-0.2, 0) is 0 Å². The number of thiophene rings is 1. The van der Waals surface area contributed by atoms with Crippen molar-refractivity contribution in [1.82, 2.24) is 0 Å². The fourth-order valence-electron chi connectivity index (χ4n) is 2.19. The average molecular weight is 332 g/mol. The van der Waals surface area contributed by atoms with Crippen LogP contribution in [0.5, 0.6) is 5.75 Å². The molecule has 0 aliphatic rings. The van der Waals surface area contributed by atoms with Crippen LogP contribution in [0.15, 0.2) is 24.3 Å². The van der Waals surface area contributed by atoms with E-state index in [1.807, 2.05) is 33.8 Å². The Balaban J connectivity index is 2.34. The molecule has 1 heterocycles. The third-order valence-corrected chi connectivity index (χ3v) is 4.48. The largest absolute Gasteiger partial charge is 0.490 e. The molecule has 0 bridgehead atoms. The van der Waals surface area contributed by atoms with Crippen LogP contribution in [0.3, 0.4) is 0 Å². The quantitative estimate of drug-likeness (QED) is 0.879. The number of nitrogens with one attached hydrogen (secondary N) is 1. The highest BCUT2D eigenvalue weighted by molar-refractivity contribution is 7.16. The van der Waals surface area contributed by atoms with Gasteiger partial charge in [-0.05, 0) is 45.4 Å². The maximum absolute atomic E-state index is 12.6. The van der Waals surface area contributed by atoms with Gasteiger partial charge in [0.15, 0.2) is 0 Å². The molecule has 5 nitrogen and oxygen atoms in total. The van der Waals surface area contributed by atoms with E-state index in [0.29, 0.717) is 21.9 Å². The summed E-state index contributed by atoms with van der Waals surface area (Å²) in [5.41, 5.74) is 7.01. The van der Waals surface area contributed by atoms with Crippen molar-refractivity contribution in [3.63, 3.8) is 0 Å². The summed E-state index contributed by atoms with van der Waals surface area (Å²) in [6, 6.07) is 7.00. The van der Waals surface area contributed by atoms with Crippen molar-refractivity contribution in [2.75, 3.05) is 5.32 Å². The molecule has 0 spiro atoms. The number of primary amides is 1. The van der Waals surface area contributed by atoms with Crippen LogP contribution in [0.4, 0.5) is 5.00 Å². The third kappa shape index (κ3) is 3.71. The van der Waals surface area contributed by atoms with Gasteiger partial charge in [-0.1, -0.05) is 12.1 Å². The fourth-order valence-corrected chi connectivity index (χ4v) is 3.25. The molecular formula is C17H20N2O3S. The number of amides is 2. The first kappa shape index (κ1) is 17.0. The number of carbonyl (C=O) groups is 2. The van der Waals surface area contributed by atoms with Gasteiger partial charge in [0, 0.05) is 4.88 Å². The van der Waals surface area contributed by atoms with E-state index in [9.17, 15) is 9.59 Å². The maximum Gasteiger partial charge on any atom is 0.260 e. The molecule has 1 aromatic heterocycles. The number of hydrogen-bond acceptors (Lipinski definition) is 4. The topological polar surface area (TPSA) is 81.4 Å². The lowest BCUT2D eigenvalue weighted by atomic mass is 10.1. The molecule has 23 heavy (non-hydrogen) atoms. The van der Waals surface area contributed by atoms with Gasteiger partial charge in [0.2, 0.25) is 0 Å². The minimum atomic E-state index is -0.547. The first-order valence-corrected chi connectivity index (χ1v) is 8.09. The van der Waals surface area contributed by atoms with Crippen LogP contribution < -0.4 is 15.8 Å². The first-order valence-electron chi connectivity index (χ1n) is 7.28. The molecule has 2 aromatic rings. The number of anilines is 1. The summed E-state index contributed by atoms with van der Waals surface area (Å²) in [4.78, 5) is 25.2. The summed E-state index contributed by atoms with van der Waals surface area (Å²) < 4.78 is 5.66. The molecule has 0 saturated heterocycles. The minimum absolute atomic E-state index is 0.0450. The predicted molar refractivity (Wildman–Crippen MR) is 92.5 cm³/mol. The maximum atomic E-state index is 12.6. The number of ether oxygens (including phenoxy) is 1. The van der Waals surface area contributed by atoms with Gasteiger partial charge in [0.25, 0.3) is 11.8 Å². The number of carbonyl (C=O) groups excluding carboxylic acids is 2. The Morgan fingerprint density at radius 2 is 1.87 bits per heavy atom. The Labute approximate surface area is 139 Å². The van der Waals surface area contributed by atoms with Crippen molar-refractivity contribution in [2.45, 2.75) is 33.8 Å². The standard InChI is InChI=1S/C17H20N2O3S/c1-9(2)22-13-8-6-5-7-12(13)16(21)19-17-14(15(18)20)10(3)11(4)23-17/h5-9H,1-4H3,(H2,18,20)(H,19,21). The van der Waals surface area contributed by atoms with Crippen LogP contribution in [0, 0.1) is 13.8 Å². The van der Waals surface area contributed by atoms with Gasteiger partial charge in [0.1, 0.15) is 10.8 Å². The molecule has 6 heteroatoms. The predicted octanol–water partition coefficient (Wildman–Crippen LogP) is 3.50. The molecule has 0 saturated carbocycles. The van der Waals surface area contributed by atoms with Crippen LogP contribution >= 0.6 is 11.3 Å². The van der Waals surface area contributed by atoms with Gasteiger partial charge in [-0.3, -0.25) is 9.59 Å². The summed E-state index contributed by atoms with van der Waals surface area (Å²) in [5, 5.41) is 3.25. The zero-order chi connectivity index (χ0) is 17.1. The Morgan fingerprint density at radius 3 is 2.48 bits per heavy atom. The van der Waals surface area contributed by atoms with E-state index in [-0.39, 0.29) is 12.0 Å². The lowest BCUT2D eigenvalue weighted by Crippen LogP contribution is -2.18. The molecule has 0 unspecified atom stereocenters. The number of aryl methyl sites for hydroxylation is 1. The summed E-state index contributed by atoms with van der Waals surface area (Å²) >= 11 is 1.34. The fraction of sp³-hybridized carbons (Fsp3) is 0.294. The van der Waals surface area contributed by atoms with Crippen molar-refractivity contribution in [3.8, 4) is 5.75 Å². The number of benzene rings is 1. The zero-order valence-corrected chi connectivity index (χ0v) is 14.4. The second-order valence-electron chi connectivity index (χ2n) is 5.47. The molecule has 0 aliphatic heterocycles. The second-order valence-corrected chi connectivity index (χ2v) is 6.69. The monoisotopic (exact) mass is 332 g/mol. The third-order valence-electron chi connectivity index (χ3n) is 3.35. The van der Waals surface area contributed by atoms with Gasteiger partial charge in [-0.15, -0.1) is 11.3 Å². The molecule has 3 N–H and O–H groups in total. The van der Waals surface area contributed by atoms with Crippen molar-refractivity contribution in [2.24, 2.45) is 5.73 Å². The summed E-state index contributed by atoms with van der Waals surface area (Å²) in [5.74, 6) is -0.371. The van der Waals surface area contributed by atoms with E-state index in [4.69, 9.17) is 10.5 Å². The van der Waals surface area contributed by atoms with Crippen LogP contribution in [-0.4, -0.2) is 17.9 Å². The van der Waals surface area contributed by atoms with Crippen molar-refractivity contribution >= 4 is 28.2 Å². The number of nitrogens with two attached hydrogens (primary N) is 1. The highest BCUT2D eigenvalue weighted by atomic mass is 32.1. The Bertz CT molecular complexity index is 750. The van der Waals surface area contributed by atoms with E-state index in [2.05, 4.69) is 5.32 Å². The second kappa shape index (κ2) is 6.83. The Hall–Kier alpha value is -2.34. The minimum Gasteiger partial charge on any atom is -0.490 e. The Kier molecular flexibility index (Phi) is 5.05. The van der Waals surface area contributed by atoms with E-state index in [0.717, 1.165) is 10.4 Å². The van der Waals surface area contributed by atoms with E-state index >= 15 is 0 Å². The molecule has 0 aliphatic carbocycles. The molecule has 122 valence electrons. The number of hydrogen-bond donors (Lipinski definition) is 2. The van der Waals surface area contributed by atoms with E-state index in [1.165, 1.54) is 11.3 Å². The summed E-state index contributed by atoms with van der Waals surface area (Å²) in [6.07, 6.45) is -0.0450.